The highest BCUT2D eigenvalue weighted by atomic mass is 16.2. The van der Waals surface area contributed by atoms with Gasteiger partial charge in [0.15, 0.2) is 0 Å². The number of hydrogen-bond donors (Lipinski definition) is 3. The highest BCUT2D eigenvalue weighted by molar-refractivity contribution is 6.06. The van der Waals surface area contributed by atoms with Crippen LogP contribution in [-0.4, -0.2) is 23.3 Å². The molecule has 1 heterocycles. The van der Waals surface area contributed by atoms with Gasteiger partial charge in [0.2, 0.25) is 0 Å². The fourth-order valence-electron chi connectivity index (χ4n) is 3.09. The first kappa shape index (κ1) is 19.4. The van der Waals surface area contributed by atoms with Gasteiger partial charge in [0.25, 0.3) is 11.8 Å². The van der Waals surface area contributed by atoms with Crippen molar-refractivity contribution in [3.63, 3.8) is 0 Å². The molecular weight excluding hydrogens is 352 g/mol. The van der Waals surface area contributed by atoms with Crippen LogP contribution in [0.4, 0.5) is 5.69 Å². The maximum absolute atomic E-state index is 12.6. The summed E-state index contributed by atoms with van der Waals surface area (Å²) in [6.45, 7) is 7.85. The molecule has 0 aliphatic rings. The number of rotatable bonds is 4. The lowest BCUT2D eigenvalue weighted by Crippen LogP contribution is -2.44. The van der Waals surface area contributed by atoms with Crippen LogP contribution in [0.3, 0.4) is 0 Å². The number of carbonyl (C=O) groups is 2. The second kappa shape index (κ2) is 8.08. The van der Waals surface area contributed by atoms with Crippen molar-refractivity contribution >= 4 is 28.4 Å². The monoisotopic (exact) mass is 376 g/mol. The van der Waals surface area contributed by atoms with Crippen LogP contribution in [-0.2, 0) is 4.79 Å². The van der Waals surface area contributed by atoms with Crippen LogP contribution in [0.1, 0.15) is 32.7 Å². The Morgan fingerprint density at radius 2 is 1.61 bits per heavy atom. The van der Waals surface area contributed by atoms with Gasteiger partial charge in [0.05, 0.1) is 17.6 Å². The number of anilines is 1. The van der Waals surface area contributed by atoms with Crippen LogP contribution in [0.25, 0.3) is 10.9 Å². The van der Waals surface area contributed by atoms with E-state index in [4.69, 9.17) is 0 Å². The molecular formula is C22H24N4O2. The van der Waals surface area contributed by atoms with Gasteiger partial charge in [-0.05, 0) is 57.5 Å². The summed E-state index contributed by atoms with van der Waals surface area (Å²) in [7, 11) is 0. The highest BCUT2D eigenvalue weighted by Crippen LogP contribution is 2.20. The number of hydrazine groups is 1. The molecule has 0 aliphatic heterocycles. The number of nitrogens with zero attached hydrogens (tertiary/aromatic N) is 1. The maximum Gasteiger partial charge on any atom is 0.270 e. The van der Waals surface area contributed by atoms with E-state index in [0.29, 0.717) is 5.56 Å². The first-order valence-electron chi connectivity index (χ1n) is 9.12. The van der Waals surface area contributed by atoms with Crippen molar-refractivity contribution in [2.24, 2.45) is 0 Å². The van der Waals surface area contributed by atoms with Gasteiger partial charge in [-0.25, -0.2) is 0 Å². The lowest BCUT2D eigenvalue weighted by Gasteiger charge is -2.12. The van der Waals surface area contributed by atoms with Gasteiger partial charge >= 0.3 is 0 Å². The number of carbonyl (C=O) groups excluding carboxylic acids is 2. The molecule has 0 saturated heterocycles. The van der Waals surface area contributed by atoms with Gasteiger partial charge in [-0.1, -0.05) is 29.3 Å². The predicted molar refractivity (Wildman–Crippen MR) is 111 cm³/mol. The molecule has 0 unspecified atom stereocenters. The van der Waals surface area contributed by atoms with Crippen molar-refractivity contribution < 1.29 is 9.59 Å². The normalized spacial score (nSPS) is 10.6. The van der Waals surface area contributed by atoms with E-state index in [9.17, 15) is 9.59 Å². The van der Waals surface area contributed by atoms with Crippen LogP contribution in [0.15, 0.2) is 42.5 Å². The summed E-state index contributed by atoms with van der Waals surface area (Å²) in [6, 6.07) is 13.4. The summed E-state index contributed by atoms with van der Waals surface area (Å²) in [5, 5.41) is 3.83. The van der Waals surface area contributed by atoms with Crippen LogP contribution in [0.5, 0.6) is 0 Å². The van der Waals surface area contributed by atoms with Gasteiger partial charge in [-0.15, -0.1) is 0 Å². The minimum absolute atomic E-state index is 0.0550. The molecule has 0 saturated carbocycles. The summed E-state index contributed by atoms with van der Waals surface area (Å²) in [4.78, 5) is 29.2. The first-order valence-corrected chi connectivity index (χ1v) is 9.12. The number of aromatic nitrogens is 1. The molecule has 0 aliphatic carbocycles. The van der Waals surface area contributed by atoms with Crippen LogP contribution < -0.4 is 16.2 Å². The SMILES string of the molecule is Cc1ccc(NCC(=O)NNC(=O)c2cc(C)nc3ccc(C)cc23)c(C)c1. The Morgan fingerprint density at radius 3 is 2.36 bits per heavy atom. The maximum atomic E-state index is 12.6. The van der Waals surface area contributed by atoms with E-state index < -0.39 is 0 Å². The van der Waals surface area contributed by atoms with Gasteiger partial charge in [0.1, 0.15) is 0 Å². The van der Waals surface area contributed by atoms with Gasteiger partial charge in [-0.2, -0.15) is 0 Å². The van der Waals surface area contributed by atoms with Crippen molar-refractivity contribution in [2.45, 2.75) is 27.7 Å². The van der Waals surface area contributed by atoms with E-state index in [1.807, 2.05) is 64.1 Å². The predicted octanol–water partition coefficient (Wildman–Crippen LogP) is 3.34. The molecule has 1 aromatic heterocycles. The molecule has 3 aromatic rings. The molecule has 2 amide bonds. The fourth-order valence-corrected chi connectivity index (χ4v) is 3.09. The standard InChI is InChI=1S/C22H24N4O2/c1-13-5-7-19(15(3)9-13)23-12-21(27)25-26-22(28)18-11-16(4)24-20-8-6-14(2)10-17(18)20/h5-11,23H,12H2,1-4H3,(H,25,27)(H,26,28). The van der Waals surface area contributed by atoms with Crippen molar-refractivity contribution in [3.8, 4) is 0 Å². The van der Waals surface area contributed by atoms with Crippen LogP contribution in [0, 0.1) is 27.7 Å². The Bertz CT molecular complexity index is 1060. The summed E-state index contributed by atoms with van der Waals surface area (Å²) < 4.78 is 0. The number of amides is 2. The highest BCUT2D eigenvalue weighted by Gasteiger charge is 2.13. The molecule has 0 fully saturated rings. The Labute approximate surface area is 164 Å². The topological polar surface area (TPSA) is 83.1 Å². The molecule has 6 heteroatoms. The third-order valence-electron chi connectivity index (χ3n) is 4.47. The van der Waals surface area contributed by atoms with E-state index in [2.05, 4.69) is 21.2 Å². The second-order valence-corrected chi connectivity index (χ2v) is 7.01. The lowest BCUT2D eigenvalue weighted by molar-refractivity contribution is -0.120. The summed E-state index contributed by atoms with van der Waals surface area (Å²) in [5.74, 6) is -0.708. The molecule has 3 rings (SSSR count). The number of fused-ring (bicyclic) bond motifs is 1. The van der Waals surface area contributed by atoms with Crippen molar-refractivity contribution in [2.75, 3.05) is 11.9 Å². The fraction of sp³-hybridized carbons (Fsp3) is 0.227. The van der Waals surface area contributed by atoms with Crippen LogP contribution in [0.2, 0.25) is 0 Å². The Hall–Kier alpha value is -3.41. The third-order valence-corrected chi connectivity index (χ3v) is 4.47. The summed E-state index contributed by atoms with van der Waals surface area (Å²) >= 11 is 0. The second-order valence-electron chi connectivity index (χ2n) is 7.01. The minimum atomic E-state index is -0.374. The Kier molecular flexibility index (Phi) is 5.59. The van der Waals surface area contributed by atoms with Crippen molar-refractivity contribution in [1.29, 1.82) is 0 Å². The molecule has 144 valence electrons. The largest absolute Gasteiger partial charge is 0.376 e. The molecule has 0 bridgehead atoms. The summed E-state index contributed by atoms with van der Waals surface area (Å²) in [6.07, 6.45) is 0. The van der Waals surface area contributed by atoms with Crippen molar-refractivity contribution in [1.82, 2.24) is 15.8 Å². The quantitative estimate of drug-likeness (QED) is 0.610. The zero-order valence-electron chi connectivity index (χ0n) is 16.5. The number of nitrogens with one attached hydrogen (secondary N) is 3. The molecule has 0 atom stereocenters. The molecule has 0 radical (unpaired) electrons. The summed E-state index contributed by atoms with van der Waals surface area (Å²) in [5.41, 5.74) is 11.1. The zero-order chi connectivity index (χ0) is 20.3. The molecule has 0 spiro atoms. The van der Waals surface area contributed by atoms with E-state index in [1.54, 1.807) is 6.07 Å². The smallest absolute Gasteiger partial charge is 0.270 e. The number of aryl methyl sites for hydroxylation is 4. The van der Waals surface area contributed by atoms with Gasteiger partial charge < -0.3 is 5.32 Å². The van der Waals surface area contributed by atoms with Gasteiger partial charge in [-0.3, -0.25) is 25.4 Å². The first-order chi connectivity index (χ1) is 13.3. The third kappa shape index (κ3) is 4.46. The van der Waals surface area contributed by atoms with Crippen LogP contribution >= 0.6 is 0 Å². The minimum Gasteiger partial charge on any atom is -0.376 e. The van der Waals surface area contributed by atoms with E-state index in [-0.39, 0.29) is 18.4 Å². The molecule has 6 nitrogen and oxygen atoms in total. The van der Waals surface area contributed by atoms with E-state index >= 15 is 0 Å². The molecule has 28 heavy (non-hydrogen) atoms. The number of pyridine rings is 1. The number of benzene rings is 2. The lowest BCUT2D eigenvalue weighted by atomic mass is 10.0. The van der Waals surface area contributed by atoms with Gasteiger partial charge in [0, 0.05) is 16.8 Å². The van der Waals surface area contributed by atoms with Crippen molar-refractivity contribution in [3.05, 3.63) is 70.4 Å². The average Bonchev–Trinajstić information content (AvgIpc) is 2.65. The molecule has 3 N–H and O–H groups in total. The number of hydrogen-bond acceptors (Lipinski definition) is 4. The average molecular weight is 376 g/mol. The Morgan fingerprint density at radius 1 is 0.893 bits per heavy atom. The molecule has 2 aromatic carbocycles. The van der Waals surface area contributed by atoms with E-state index in [0.717, 1.165) is 39.0 Å². The zero-order valence-corrected chi connectivity index (χ0v) is 16.5. The Balaban J connectivity index is 1.64. The van der Waals surface area contributed by atoms with E-state index in [1.165, 1.54) is 0 Å².